The summed E-state index contributed by atoms with van der Waals surface area (Å²) in [6.07, 6.45) is 5.79. The molecule has 0 amide bonds. The lowest BCUT2D eigenvalue weighted by Gasteiger charge is -2.31. The van der Waals surface area contributed by atoms with Gasteiger partial charge in [-0.1, -0.05) is 37.6 Å². The fourth-order valence-corrected chi connectivity index (χ4v) is 3.01. The monoisotopic (exact) mass is 344 g/mol. The lowest BCUT2D eigenvalue weighted by Crippen LogP contribution is -2.27. The molecule has 134 valence electrons. The maximum atomic E-state index is 12.6. The molecule has 0 saturated carbocycles. The third kappa shape index (κ3) is 4.07. The molecule has 0 aromatic heterocycles. The zero-order valence-corrected chi connectivity index (χ0v) is 14.9. The molecule has 1 atom stereocenters. The first-order valence-corrected chi connectivity index (χ1v) is 8.57. The Morgan fingerprint density at radius 3 is 2.68 bits per heavy atom. The largest absolute Gasteiger partial charge is 0.463 e. The number of benzene rings is 1. The number of hydrogen-bond donors (Lipinski definition) is 0. The lowest BCUT2D eigenvalue weighted by atomic mass is 9.86. The van der Waals surface area contributed by atoms with Crippen molar-refractivity contribution < 1.29 is 14.5 Å². The first-order valence-electron chi connectivity index (χ1n) is 8.57. The second-order valence-electron chi connectivity index (χ2n) is 5.90. The number of nitro groups is 1. The van der Waals surface area contributed by atoms with Gasteiger partial charge in [0.05, 0.1) is 17.1 Å². The van der Waals surface area contributed by atoms with Crippen molar-refractivity contribution in [2.45, 2.75) is 39.5 Å². The van der Waals surface area contributed by atoms with Gasteiger partial charge in [-0.25, -0.2) is 4.79 Å². The number of nitro benzene ring substituents is 1. The number of nitrogens with zero attached hydrogens (tertiary/aromatic N) is 2. The zero-order chi connectivity index (χ0) is 18.4. The number of carbonyl (C=O) groups excluding carboxylic acids is 1. The summed E-state index contributed by atoms with van der Waals surface area (Å²) < 4.78 is 5.23. The van der Waals surface area contributed by atoms with E-state index in [0.29, 0.717) is 11.1 Å². The zero-order valence-electron chi connectivity index (χ0n) is 14.9. The second-order valence-corrected chi connectivity index (χ2v) is 5.90. The summed E-state index contributed by atoms with van der Waals surface area (Å²) in [5, 5.41) is 11.4. The van der Waals surface area contributed by atoms with Crippen LogP contribution >= 0.6 is 0 Å². The van der Waals surface area contributed by atoms with Gasteiger partial charge in [-0.15, -0.1) is 0 Å². The first kappa shape index (κ1) is 18.7. The van der Waals surface area contributed by atoms with Crippen LogP contribution in [0.1, 0.15) is 45.1 Å². The van der Waals surface area contributed by atoms with Crippen LogP contribution in [0.3, 0.4) is 0 Å². The van der Waals surface area contributed by atoms with Gasteiger partial charge in [0.2, 0.25) is 0 Å². The topological polar surface area (TPSA) is 72.7 Å². The predicted octanol–water partition coefficient (Wildman–Crippen LogP) is 4.14. The molecule has 6 nitrogen and oxygen atoms in total. The van der Waals surface area contributed by atoms with Gasteiger partial charge in [0, 0.05) is 36.0 Å². The number of esters is 1. The summed E-state index contributed by atoms with van der Waals surface area (Å²) in [5.74, 6) is -0.910. The first-order chi connectivity index (χ1) is 12.0. The third-order valence-electron chi connectivity index (χ3n) is 4.31. The van der Waals surface area contributed by atoms with E-state index in [0.717, 1.165) is 25.1 Å². The minimum atomic E-state index is -0.487. The fourth-order valence-electron chi connectivity index (χ4n) is 3.01. The fraction of sp³-hybridized carbons (Fsp3) is 0.421. The van der Waals surface area contributed by atoms with Crippen molar-refractivity contribution in [3.05, 3.63) is 63.5 Å². The molecule has 0 N–H and O–H groups in total. The Morgan fingerprint density at radius 1 is 1.32 bits per heavy atom. The molecular weight excluding hydrogens is 320 g/mol. The van der Waals surface area contributed by atoms with E-state index in [9.17, 15) is 14.9 Å². The van der Waals surface area contributed by atoms with E-state index in [2.05, 4.69) is 6.92 Å². The molecule has 0 radical (unpaired) electrons. The molecule has 1 aromatic rings. The van der Waals surface area contributed by atoms with Crippen LogP contribution in [-0.2, 0) is 9.53 Å². The van der Waals surface area contributed by atoms with Crippen LogP contribution in [0.2, 0.25) is 0 Å². The predicted molar refractivity (Wildman–Crippen MR) is 95.9 cm³/mol. The molecule has 0 saturated heterocycles. The Labute approximate surface area is 147 Å². The summed E-state index contributed by atoms with van der Waals surface area (Å²) in [7, 11) is 0. The van der Waals surface area contributed by atoms with Crippen molar-refractivity contribution in [3.8, 4) is 0 Å². The maximum Gasteiger partial charge on any atom is 0.336 e. The molecule has 0 bridgehead atoms. The van der Waals surface area contributed by atoms with Crippen LogP contribution in [0, 0.1) is 10.1 Å². The molecule has 6 heteroatoms. The van der Waals surface area contributed by atoms with Crippen molar-refractivity contribution in [3.63, 3.8) is 0 Å². The van der Waals surface area contributed by atoms with E-state index in [-0.39, 0.29) is 12.3 Å². The molecule has 25 heavy (non-hydrogen) atoms. The summed E-state index contributed by atoms with van der Waals surface area (Å²) in [4.78, 5) is 25.6. The minimum absolute atomic E-state index is 0.00811. The van der Waals surface area contributed by atoms with E-state index in [4.69, 9.17) is 4.74 Å². The smallest absolute Gasteiger partial charge is 0.336 e. The Hall–Kier alpha value is -2.63. The van der Waals surface area contributed by atoms with Gasteiger partial charge in [0.15, 0.2) is 0 Å². The van der Waals surface area contributed by atoms with E-state index in [1.54, 1.807) is 25.1 Å². The Morgan fingerprint density at radius 2 is 2.04 bits per heavy atom. The molecule has 2 rings (SSSR count). The normalized spacial score (nSPS) is 16.9. The Kier molecular flexibility index (Phi) is 6.33. The summed E-state index contributed by atoms with van der Waals surface area (Å²) in [6.45, 7) is 6.78. The molecular formula is C19H24N2O4. The molecule has 0 aliphatic carbocycles. The highest BCUT2D eigenvalue weighted by molar-refractivity contribution is 5.92. The van der Waals surface area contributed by atoms with Crippen molar-refractivity contribution in [1.29, 1.82) is 0 Å². The number of allylic oxidation sites excluding steroid dienone is 2. The number of para-hydroxylation sites is 1. The van der Waals surface area contributed by atoms with Crippen LogP contribution < -0.4 is 0 Å². The van der Waals surface area contributed by atoms with Gasteiger partial charge in [-0.3, -0.25) is 10.1 Å². The number of hydrogen-bond acceptors (Lipinski definition) is 5. The number of ether oxygens (including phenoxy) is 1. The highest BCUT2D eigenvalue weighted by Crippen LogP contribution is 2.38. The lowest BCUT2D eigenvalue weighted by molar-refractivity contribution is -0.385. The highest BCUT2D eigenvalue weighted by Gasteiger charge is 2.32. The van der Waals surface area contributed by atoms with E-state index < -0.39 is 16.8 Å². The van der Waals surface area contributed by atoms with Crippen molar-refractivity contribution >= 4 is 11.7 Å². The van der Waals surface area contributed by atoms with E-state index in [1.165, 1.54) is 6.07 Å². The van der Waals surface area contributed by atoms with Gasteiger partial charge in [0.1, 0.15) is 0 Å². The summed E-state index contributed by atoms with van der Waals surface area (Å²) in [6, 6.07) is 6.53. The average molecular weight is 344 g/mol. The number of carbonyl (C=O) groups is 1. The number of unbranched alkanes of at least 4 members (excludes halogenated alkanes) is 1. The summed E-state index contributed by atoms with van der Waals surface area (Å²) in [5.41, 5.74) is 1.77. The highest BCUT2D eigenvalue weighted by atomic mass is 16.6. The van der Waals surface area contributed by atoms with E-state index in [1.807, 2.05) is 24.1 Å². The van der Waals surface area contributed by atoms with Gasteiger partial charge in [-0.2, -0.15) is 0 Å². The molecule has 1 heterocycles. The molecule has 0 fully saturated rings. The minimum Gasteiger partial charge on any atom is -0.463 e. The van der Waals surface area contributed by atoms with Crippen LogP contribution in [0.15, 0.2) is 47.8 Å². The van der Waals surface area contributed by atoms with Crippen LogP contribution in [-0.4, -0.2) is 28.9 Å². The van der Waals surface area contributed by atoms with Crippen molar-refractivity contribution in [1.82, 2.24) is 4.90 Å². The van der Waals surface area contributed by atoms with Crippen molar-refractivity contribution in [2.75, 3.05) is 13.2 Å². The molecule has 1 aliphatic heterocycles. The molecule has 1 aliphatic rings. The van der Waals surface area contributed by atoms with Crippen LogP contribution in [0.5, 0.6) is 0 Å². The maximum absolute atomic E-state index is 12.6. The standard InChI is InChI=1S/C19H24N2O4/c1-4-6-12-20-13-11-16(18(14(20)3)19(22)25-5-2)15-9-7-8-10-17(15)21(23)24/h7-11,13,16H,4-6,12H2,1-3H3. The van der Waals surface area contributed by atoms with Crippen molar-refractivity contribution in [2.24, 2.45) is 0 Å². The number of rotatable bonds is 7. The summed E-state index contributed by atoms with van der Waals surface area (Å²) >= 11 is 0. The van der Waals surface area contributed by atoms with Gasteiger partial charge < -0.3 is 9.64 Å². The second kappa shape index (κ2) is 8.46. The van der Waals surface area contributed by atoms with Crippen LogP contribution in [0.4, 0.5) is 5.69 Å². The Balaban J connectivity index is 2.50. The average Bonchev–Trinajstić information content (AvgIpc) is 2.60. The van der Waals surface area contributed by atoms with Gasteiger partial charge >= 0.3 is 5.97 Å². The molecule has 0 spiro atoms. The Bertz CT molecular complexity index is 709. The van der Waals surface area contributed by atoms with Gasteiger partial charge in [-0.05, 0) is 20.3 Å². The van der Waals surface area contributed by atoms with Crippen LogP contribution in [0.25, 0.3) is 0 Å². The van der Waals surface area contributed by atoms with Gasteiger partial charge in [0.25, 0.3) is 5.69 Å². The third-order valence-corrected chi connectivity index (χ3v) is 4.31. The SMILES string of the molecule is CCCCN1C=CC(c2ccccc2[N+](=O)[O-])C(C(=O)OCC)=C1C. The quantitative estimate of drug-likeness (QED) is 0.422. The van der Waals surface area contributed by atoms with E-state index >= 15 is 0 Å². The molecule has 1 aromatic carbocycles. The molecule has 1 unspecified atom stereocenters.